The average molecular weight is 333 g/mol. The van der Waals surface area contributed by atoms with Crippen molar-refractivity contribution in [1.82, 2.24) is 8.80 Å². The molecule has 0 spiro atoms. The summed E-state index contributed by atoms with van der Waals surface area (Å²) in [5, 5.41) is 0.259. The van der Waals surface area contributed by atoms with Crippen LogP contribution in [0.4, 0.5) is 0 Å². The van der Waals surface area contributed by atoms with Gasteiger partial charge in [-0.15, -0.1) is 0 Å². The molecule has 0 atom stereocenters. The molecule has 22 heavy (non-hydrogen) atoms. The van der Waals surface area contributed by atoms with Crippen LogP contribution in [-0.4, -0.2) is 17.0 Å². The van der Waals surface area contributed by atoms with Crippen LogP contribution in [0.3, 0.4) is 0 Å². The average Bonchev–Trinajstić information content (AvgIpc) is 2.69. The van der Waals surface area contributed by atoms with Crippen LogP contribution in [0, 0.1) is 25.5 Å². The second kappa shape index (κ2) is 5.50. The van der Waals surface area contributed by atoms with E-state index >= 15 is 0 Å². The molecule has 2 aromatic rings. The van der Waals surface area contributed by atoms with Crippen LogP contribution in [0.1, 0.15) is 37.5 Å². The van der Waals surface area contributed by atoms with Crippen molar-refractivity contribution in [2.24, 2.45) is 0 Å². The van der Waals surface area contributed by atoms with Gasteiger partial charge in [-0.3, -0.25) is 4.57 Å². The van der Waals surface area contributed by atoms with Gasteiger partial charge in [0.25, 0.3) is 0 Å². The first-order valence-corrected chi connectivity index (χ1v) is 11.2. The fraction of sp³-hybridized carbons (Fsp3) is 0.500. The monoisotopic (exact) mass is 332 g/mol. The third kappa shape index (κ3) is 2.74. The Morgan fingerprint density at radius 3 is 1.91 bits per heavy atom. The van der Waals surface area contributed by atoms with Gasteiger partial charge in [-0.25, -0.2) is 0 Å². The molecular weight excluding hydrogens is 304 g/mol. The number of aryl methyl sites for hydroxylation is 3. The maximum atomic E-state index is 5.84. The molecule has 1 aromatic heterocycles. The van der Waals surface area contributed by atoms with Gasteiger partial charge in [0.2, 0.25) is 0 Å². The van der Waals surface area contributed by atoms with Crippen LogP contribution in [0.25, 0.3) is 5.69 Å². The second-order valence-electron chi connectivity index (χ2n) is 7.88. The topological polar surface area (TPSA) is 9.86 Å². The summed E-state index contributed by atoms with van der Waals surface area (Å²) in [4.78, 5) is 0. The lowest BCUT2D eigenvalue weighted by molar-refractivity contribution is 0.696. The molecule has 0 radical (unpaired) electrons. The van der Waals surface area contributed by atoms with Crippen LogP contribution in [0.15, 0.2) is 24.5 Å². The third-order valence-corrected chi connectivity index (χ3v) is 10.9. The summed E-state index contributed by atoms with van der Waals surface area (Å²) in [6.45, 7) is 18.2. The Labute approximate surface area is 140 Å². The van der Waals surface area contributed by atoms with E-state index in [-0.39, 0.29) is 5.04 Å². The Balaban J connectivity index is 2.67. The first-order chi connectivity index (χ1) is 9.96. The summed E-state index contributed by atoms with van der Waals surface area (Å²) >= 11 is 5.84. The van der Waals surface area contributed by atoms with E-state index in [1.807, 2.05) is 0 Å². The van der Waals surface area contributed by atoms with E-state index in [1.54, 1.807) is 0 Å². The van der Waals surface area contributed by atoms with Crippen molar-refractivity contribution >= 4 is 20.5 Å². The lowest BCUT2D eigenvalue weighted by Gasteiger charge is -2.37. The van der Waals surface area contributed by atoms with Gasteiger partial charge in [0.05, 0.1) is 5.69 Å². The van der Waals surface area contributed by atoms with Gasteiger partial charge < -0.3 is 4.23 Å². The highest BCUT2D eigenvalue weighted by atomic mass is 32.1. The molecule has 0 aliphatic carbocycles. The zero-order chi connectivity index (χ0) is 16.9. The predicted molar refractivity (Wildman–Crippen MR) is 101 cm³/mol. The number of hydrogen-bond donors (Lipinski definition) is 0. The van der Waals surface area contributed by atoms with Crippen molar-refractivity contribution in [1.29, 1.82) is 0 Å². The molecule has 4 heteroatoms. The van der Waals surface area contributed by atoms with Gasteiger partial charge in [0, 0.05) is 12.4 Å². The van der Waals surface area contributed by atoms with E-state index in [4.69, 9.17) is 12.2 Å². The molecule has 1 aromatic carbocycles. The van der Waals surface area contributed by atoms with Crippen LogP contribution in [-0.2, 0) is 0 Å². The summed E-state index contributed by atoms with van der Waals surface area (Å²) in [5.74, 6) is 0. The predicted octanol–water partition coefficient (Wildman–Crippen LogP) is 5.79. The zero-order valence-electron chi connectivity index (χ0n) is 15.1. The van der Waals surface area contributed by atoms with Gasteiger partial charge in [-0.1, -0.05) is 51.6 Å². The first-order valence-electron chi connectivity index (χ1n) is 7.85. The van der Waals surface area contributed by atoms with E-state index in [0.717, 1.165) is 4.77 Å². The molecule has 0 fully saturated rings. The summed E-state index contributed by atoms with van der Waals surface area (Å²) in [6, 6.07) is 4.46. The number of hydrogen-bond acceptors (Lipinski definition) is 1. The number of nitrogens with zero attached hydrogens (tertiary/aromatic N) is 2. The maximum absolute atomic E-state index is 5.84. The zero-order valence-corrected chi connectivity index (χ0v) is 16.9. The second-order valence-corrected chi connectivity index (χ2v) is 13.3. The summed E-state index contributed by atoms with van der Waals surface area (Å²) in [7, 11) is -1.69. The SMILES string of the molecule is Cc1cc(C)c(-n2ccn([Si](C)(C)C(C)(C)C)c2=S)c(C)c1. The standard InChI is InChI=1S/C18H28N2SSi/c1-13-11-14(2)16(15(3)12-13)19-9-10-20(17(19)21)22(7,8)18(4,5)6/h9-12H,1-8H3. The smallest absolute Gasteiger partial charge is 0.176 e. The summed E-state index contributed by atoms with van der Waals surface area (Å²) in [5.41, 5.74) is 5.09. The highest BCUT2D eigenvalue weighted by Crippen LogP contribution is 2.37. The summed E-state index contributed by atoms with van der Waals surface area (Å²) in [6.07, 6.45) is 4.31. The number of imidazole rings is 1. The fourth-order valence-electron chi connectivity index (χ4n) is 2.89. The van der Waals surface area contributed by atoms with Gasteiger partial charge in [-0.05, 0) is 49.2 Å². The lowest BCUT2D eigenvalue weighted by atomic mass is 10.1. The van der Waals surface area contributed by atoms with E-state index in [2.05, 4.69) is 88.0 Å². The van der Waals surface area contributed by atoms with Gasteiger partial charge in [0.1, 0.15) is 0 Å². The first kappa shape index (κ1) is 17.2. The summed E-state index contributed by atoms with van der Waals surface area (Å²) < 4.78 is 5.46. The Morgan fingerprint density at radius 2 is 1.45 bits per heavy atom. The Kier molecular flexibility index (Phi) is 4.30. The van der Waals surface area contributed by atoms with E-state index in [1.165, 1.54) is 22.4 Å². The molecule has 0 unspecified atom stereocenters. The molecule has 0 saturated carbocycles. The van der Waals surface area contributed by atoms with Crippen LogP contribution in [0.5, 0.6) is 0 Å². The van der Waals surface area contributed by atoms with Gasteiger partial charge in [0.15, 0.2) is 13.0 Å². The molecule has 0 N–H and O–H groups in total. The Morgan fingerprint density at radius 1 is 0.955 bits per heavy atom. The quantitative estimate of drug-likeness (QED) is 0.500. The van der Waals surface area contributed by atoms with Crippen molar-refractivity contribution in [3.63, 3.8) is 0 Å². The van der Waals surface area contributed by atoms with Crippen LogP contribution in [0.2, 0.25) is 18.1 Å². The molecule has 0 amide bonds. The van der Waals surface area contributed by atoms with E-state index in [0.29, 0.717) is 0 Å². The minimum absolute atomic E-state index is 0.259. The van der Waals surface area contributed by atoms with Crippen molar-refractivity contribution in [2.45, 2.75) is 59.7 Å². The van der Waals surface area contributed by atoms with E-state index < -0.39 is 8.24 Å². The molecule has 2 nitrogen and oxygen atoms in total. The molecule has 120 valence electrons. The van der Waals surface area contributed by atoms with Crippen LogP contribution < -0.4 is 0 Å². The molecule has 0 saturated heterocycles. The molecule has 0 aliphatic heterocycles. The lowest BCUT2D eigenvalue weighted by Crippen LogP contribution is -2.45. The van der Waals surface area contributed by atoms with Gasteiger partial charge in [-0.2, -0.15) is 0 Å². The normalized spacial score (nSPS) is 12.7. The van der Waals surface area contributed by atoms with Crippen molar-refractivity contribution < 1.29 is 0 Å². The molecular formula is C18H28N2SSi. The number of rotatable bonds is 2. The highest BCUT2D eigenvalue weighted by molar-refractivity contribution is 7.71. The molecule has 1 heterocycles. The van der Waals surface area contributed by atoms with Crippen molar-refractivity contribution in [2.75, 3.05) is 0 Å². The van der Waals surface area contributed by atoms with E-state index in [9.17, 15) is 0 Å². The van der Waals surface area contributed by atoms with Crippen molar-refractivity contribution in [3.8, 4) is 5.69 Å². The maximum Gasteiger partial charge on any atom is 0.176 e. The largest absolute Gasteiger partial charge is 0.351 e. The molecule has 2 rings (SSSR count). The van der Waals surface area contributed by atoms with Gasteiger partial charge >= 0.3 is 0 Å². The molecule has 0 aliphatic rings. The third-order valence-electron chi connectivity index (χ3n) is 5.09. The fourth-order valence-corrected chi connectivity index (χ4v) is 5.53. The Hall–Kier alpha value is -1.13. The Bertz CT molecular complexity index is 737. The minimum Gasteiger partial charge on any atom is -0.351 e. The van der Waals surface area contributed by atoms with Crippen molar-refractivity contribution in [3.05, 3.63) is 46.0 Å². The number of aromatic nitrogens is 2. The molecule has 0 bridgehead atoms. The number of benzene rings is 1. The van der Waals surface area contributed by atoms with Crippen LogP contribution >= 0.6 is 12.2 Å². The minimum atomic E-state index is -1.69. The highest BCUT2D eigenvalue weighted by Gasteiger charge is 2.38.